The van der Waals surface area contributed by atoms with Gasteiger partial charge in [-0.1, -0.05) is 61.9 Å². The van der Waals surface area contributed by atoms with E-state index in [9.17, 15) is 4.79 Å². The number of carbonyl (C=O) groups is 1. The first kappa shape index (κ1) is 21.5. The van der Waals surface area contributed by atoms with Gasteiger partial charge in [-0.2, -0.15) is 0 Å². The summed E-state index contributed by atoms with van der Waals surface area (Å²) in [5, 5.41) is 4.59. The molecule has 7 nitrogen and oxygen atoms in total. The number of Topliss-reactive ketones (excluding diaryl/α,β-unsaturated/α-hetero) is 1. The van der Waals surface area contributed by atoms with Crippen LogP contribution in [0.5, 0.6) is 11.6 Å². The zero-order valence-electron chi connectivity index (χ0n) is 20.0. The molecule has 1 aliphatic heterocycles. The van der Waals surface area contributed by atoms with Gasteiger partial charge in [-0.25, -0.2) is 14.5 Å². The van der Waals surface area contributed by atoms with Crippen molar-refractivity contribution in [1.82, 2.24) is 19.6 Å². The number of ketones is 1. The van der Waals surface area contributed by atoms with Crippen molar-refractivity contribution in [2.24, 2.45) is 5.41 Å². The van der Waals surface area contributed by atoms with Crippen LogP contribution in [0.15, 0.2) is 72.3 Å². The van der Waals surface area contributed by atoms with Gasteiger partial charge < -0.3 is 9.47 Å². The topological polar surface area (TPSA) is 78.6 Å². The number of benzene rings is 2. The number of carbonyl (C=O) groups excluding carboxylic acids is 1. The minimum atomic E-state index is -0.315. The summed E-state index contributed by atoms with van der Waals surface area (Å²) < 4.78 is 13.8. The van der Waals surface area contributed by atoms with Crippen molar-refractivity contribution in [3.63, 3.8) is 0 Å². The summed E-state index contributed by atoms with van der Waals surface area (Å²) in [5.41, 5.74) is 4.11. The second-order valence-electron chi connectivity index (χ2n) is 10.1. The molecule has 0 saturated heterocycles. The SMILES string of the molecule is Cc1ccc(OCc2nc3c4c(ncn3n2)OC2=C(C(=O)CC(C)(C)C2)[C@@H]4c2ccccc2)cc1. The third kappa shape index (κ3) is 3.87. The Balaban J connectivity index is 1.45. The molecule has 0 unspecified atom stereocenters. The molecule has 2 aliphatic rings. The summed E-state index contributed by atoms with van der Waals surface area (Å²) in [6.07, 6.45) is 2.78. The lowest BCUT2D eigenvalue weighted by Gasteiger charge is -2.37. The van der Waals surface area contributed by atoms with Gasteiger partial charge in [0.2, 0.25) is 5.88 Å². The van der Waals surface area contributed by atoms with Gasteiger partial charge in [-0.15, -0.1) is 5.10 Å². The van der Waals surface area contributed by atoms with Crippen LogP contribution in [0.4, 0.5) is 0 Å². The normalized spacial score (nSPS) is 18.7. The number of fused-ring (bicyclic) bond motifs is 3. The van der Waals surface area contributed by atoms with E-state index in [1.807, 2.05) is 61.5 Å². The Bertz CT molecular complexity index is 1470. The third-order valence-electron chi connectivity index (χ3n) is 6.63. The van der Waals surface area contributed by atoms with Crippen molar-refractivity contribution in [3.8, 4) is 11.6 Å². The van der Waals surface area contributed by atoms with E-state index in [-0.39, 0.29) is 23.7 Å². The average molecular weight is 467 g/mol. The predicted molar refractivity (Wildman–Crippen MR) is 130 cm³/mol. The Labute approximate surface area is 203 Å². The summed E-state index contributed by atoms with van der Waals surface area (Å²) in [4.78, 5) is 22.8. The summed E-state index contributed by atoms with van der Waals surface area (Å²) in [6, 6.07) is 17.9. The highest BCUT2D eigenvalue weighted by Crippen LogP contribution is 2.50. The maximum atomic E-state index is 13.4. The molecule has 2 aromatic heterocycles. The first-order valence-electron chi connectivity index (χ1n) is 11.8. The molecule has 0 bridgehead atoms. The lowest BCUT2D eigenvalue weighted by Crippen LogP contribution is -2.33. The number of allylic oxidation sites excluding steroid dienone is 2. The smallest absolute Gasteiger partial charge is 0.228 e. The first-order chi connectivity index (χ1) is 16.9. The number of rotatable bonds is 4. The third-order valence-corrected chi connectivity index (χ3v) is 6.63. The van der Waals surface area contributed by atoms with E-state index >= 15 is 0 Å². The second kappa shape index (κ2) is 8.05. The molecule has 0 spiro atoms. The van der Waals surface area contributed by atoms with Crippen molar-refractivity contribution < 1.29 is 14.3 Å². The van der Waals surface area contributed by atoms with Crippen LogP contribution in [0.25, 0.3) is 5.65 Å². The van der Waals surface area contributed by atoms with Gasteiger partial charge in [0.25, 0.3) is 0 Å². The summed E-state index contributed by atoms with van der Waals surface area (Å²) >= 11 is 0. The number of hydrogen-bond acceptors (Lipinski definition) is 6. The number of hydrogen-bond donors (Lipinski definition) is 0. The number of ether oxygens (including phenoxy) is 2. The molecule has 4 aromatic rings. The highest BCUT2D eigenvalue weighted by Gasteiger charge is 2.43. The van der Waals surface area contributed by atoms with Crippen LogP contribution in [0.3, 0.4) is 0 Å². The second-order valence-corrected chi connectivity index (χ2v) is 10.1. The van der Waals surface area contributed by atoms with Gasteiger partial charge in [-0.05, 0) is 30.0 Å². The molecular formula is C28H26N4O3. The monoisotopic (exact) mass is 466 g/mol. The number of aryl methyl sites for hydroxylation is 1. The van der Waals surface area contributed by atoms with Gasteiger partial charge in [0.05, 0.1) is 5.56 Å². The van der Waals surface area contributed by atoms with E-state index < -0.39 is 0 Å². The average Bonchev–Trinajstić information content (AvgIpc) is 3.25. The molecule has 6 rings (SSSR count). The summed E-state index contributed by atoms with van der Waals surface area (Å²) in [6.45, 7) is 6.45. The molecule has 3 heterocycles. The summed E-state index contributed by atoms with van der Waals surface area (Å²) in [5.74, 6) is 2.28. The van der Waals surface area contributed by atoms with Gasteiger partial charge in [0.15, 0.2) is 17.3 Å². The lowest BCUT2D eigenvalue weighted by atomic mass is 9.70. The largest absolute Gasteiger partial charge is 0.486 e. The molecule has 7 heteroatoms. The van der Waals surface area contributed by atoms with Crippen molar-refractivity contribution >= 4 is 11.4 Å². The standard InChI is InChI=1S/C28H26N4O3/c1-17-9-11-19(12-10-17)34-15-22-30-26-25-23(18-7-5-4-6-8-18)24-20(33)13-28(2,3)14-21(24)35-27(25)29-16-32(26)31-22/h4-12,16,23H,13-15H2,1-3H3/t23-/m0/s1. The number of nitrogens with zero attached hydrogens (tertiary/aromatic N) is 4. The van der Waals surface area contributed by atoms with Crippen molar-refractivity contribution in [3.05, 3.63) is 94.8 Å². The highest BCUT2D eigenvalue weighted by molar-refractivity contribution is 6.00. The van der Waals surface area contributed by atoms with Crippen molar-refractivity contribution in [1.29, 1.82) is 0 Å². The molecule has 1 atom stereocenters. The minimum absolute atomic E-state index is 0.111. The zero-order valence-corrected chi connectivity index (χ0v) is 20.0. The molecule has 0 saturated carbocycles. The molecule has 0 N–H and O–H groups in total. The highest BCUT2D eigenvalue weighted by atomic mass is 16.5. The van der Waals surface area contributed by atoms with Gasteiger partial charge in [0, 0.05) is 24.3 Å². The molecular weight excluding hydrogens is 440 g/mol. The zero-order chi connectivity index (χ0) is 24.2. The molecule has 0 fully saturated rings. The molecule has 35 heavy (non-hydrogen) atoms. The number of aromatic nitrogens is 4. The maximum absolute atomic E-state index is 13.4. The minimum Gasteiger partial charge on any atom is -0.486 e. The van der Waals surface area contributed by atoms with E-state index in [0.29, 0.717) is 41.5 Å². The Morgan fingerprint density at radius 3 is 2.63 bits per heavy atom. The van der Waals surface area contributed by atoms with E-state index in [2.05, 4.69) is 23.9 Å². The molecule has 176 valence electrons. The molecule has 0 radical (unpaired) electrons. The summed E-state index contributed by atoms with van der Waals surface area (Å²) in [7, 11) is 0. The van der Waals surface area contributed by atoms with Crippen LogP contribution in [-0.4, -0.2) is 25.4 Å². The fourth-order valence-electron chi connectivity index (χ4n) is 5.01. The predicted octanol–water partition coefficient (Wildman–Crippen LogP) is 5.18. The van der Waals surface area contributed by atoms with Crippen LogP contribution in [0, 0.1) is 12.3 Å². The lowest BCUT2D eigenvalue weighted by molar-refractivity contribution is -0.118. The molecule has 2 aromatic carbocycles. The van der Waals surface area contributed by atoms with Crippen LogP contribution < -0.4 is 9.47 Å². The quantitative estimate of drug-likeness (QED) is 0.412. The van der Waals surface area contributed by atoms with Crippen LogP contribution in [0.2, 0.25) is 0 Å². The molecule has 0 amide bonds. The van der Waals surface area contributed by atoms with Crippen molar-refractivity contribution in [2.45, 2.75) is 46.1 Å². The van der Waals surface area contributed by atoms with Gasteiger partial charge in [0.1, 0.15) is 24.4 Å². The van der Waals surface area contributed by atoms with E-state index in [4.69, 9.17) is 14.5 Å². The molecule has 1 aliphatic carbocycles. The van der Waals surface area contributed by atoms with Crippen LogP contribution in [0.1, 0.15) is 55.1 Å². The van der Waals surface area contributed by atoms with E-state index in [1.54, 1.807) is 10.8 Å². The van der Waals surface area contributed by atoms with E-state index in [1.165, 1.54) is 5.56 Å². The Hall–Kier alpha value is -4.00. The van der Waals surface area contributed by atoms with Gasteiger partial charge in [-0.3, -0.25) is 4.79 Å². The van der Waals surface area contributed by atoms with Crippen molar-refractivity contribution in [2.75, 3.05) is 0 Å². The fourth-order valence-corrected chi connectivity index (χ4v) is 5.01. The van der Waals surface area contributed by atoms with E-state index in [0.717, 1.165) is 16.9 Å². The van der Waals surface area contributed by atoms with Crippen LogP contribution >= 0.6 is 0 Å². The van der Waals surface area contributed by atoms with Crippen LogP contribution in [-0.2, 0) is 11.4 Å². The fraction of sp³-hybridized carbons (Fsp3) is 0.286. The Morgan fingerprint density at radius 2 is 1.86 bits per heavy atom. The maximum Gasteiger partial charge on any atom is 0.228 e. The first-order valence-corrected chi connectivity index (χ1v) is 11.8. The Morgan fingerprint density at radius 1 is 1.09 bits per heavy atom. The van der Waals surface area contributed by atoms with Gasteiger partial charge >= 0.3 is 0 Å². The Kier molecular flexibility index (Phi) is 4.95.